The zero-order valence-corrected chi connectivity index (χ0v) is 5.09. The monoisotopic (exact) mass is 126 g/mol. The number of carbonyl (C=O) groups is 2. The van der Waals surface area contributed by atoms with Crippen LogP contribution < -0.4 is 0 Å². The standard InChI is InChI=1S/C6H8NO2/c1-2-7-5(8)3-4-6(7)9/h1-4H2. The Kier molecular flexibility index (Phi) is 1.51. The molecular formula is C6H8NO2. The van der Waals surface area contributed by atoms with Gasteiger partial charge in [0, 0.05) is 19.4 Å². The maximum Gasteiger partial charge on any atom is 0.229 e. The van der Waals surface area contributed by atoms with Crippen LogP contribution in [0.15, 0.2) is 0 Å². The Morgan fingerprint density at radius 3 is 2.00 bits per heavy atom. The van der Waals surface area contributed by atoms with Crippen LogP contribution in [-0.2, 0) is 9.59 Å². The fourth-order valence-corrected chi connectivity index (χ4v) is 0.872. The normalized spacial score (nSPS) is 19.4. The average molecular weight is 126 g/mol. The minimum absolute atomic E-state index is 0.0880. The molecular weight excluding hydrogens is 118 g/mol. The Balaban J connectivity index is 2.66. The Hall–Kier alpha value is -0.860. The van der Waals surface area contributed by atoms with Crippen molar-refractivity contribution in [1.82, 2.24) is 4.90 Å². The lowest BCUT2D eigenvalue weighted by atomic mass is 10.4. The highest BCUT2D eigenvalue weighted by molar-refractivity contribution is 6.01. The van der Waals surface area contributed by atoms with Crippen molar-refractivity contribution in [3.63, 3.8) is 0 Å². The van der Waals surface area contributed by atoms with Gasteiger partial charge in [0.15, 0.2) is 0 Å². The zero-order chi connectivity index (χ0) is 6.85. The van der Waals surface area contributed by atoms with Gasteiger partial charge in [-0.2, -0.15) is 0 Å². The van der Waals surface area contributed by atoms with Crippen LogP contribution in [-0.4, -0.2) is 23.3 Å². The first-order chi connectivity index (χ1) is 4.25. The Labute approximate surface area is 53.6 Å². The van der Waals surface area contributed by atoms with Crippen molar-refractivity contribution in [1.29, 1.82) is 0 Å². The molecule has 0 aliphatic carbocycles. The van der Waals surface area contributed by atoms with E-state index in [9.17, 15) is 9.59 Å². The van der Waals surface area contributed by atoms with Gasteiger partial charge in [-0.15, -0.1) is 0 Å². The molecule has 1 saturated heterocycles. The van der Waals surface area contributed by atoms with Gasteiger partial charge in [-0.05, 0) is 6.92 Å². The summed E-state index contributed by atoms with van der Waals surface area (Å²) in [6.07, 6.45) is 0.739. The van der Waals surface area contributed by atoms with Crippen molar-refractivity contribution in [2.45, 2.75) is 12.8 Å². The summed E-state index contributed by atoms with van der Waals surface area (Å²) in [5.41, 5.74) is 0. The Bertz CT molecular complexity index is 137. The van der Waals surface area contributed by atoms with E-state index in [2.05, 4.69) is 6.92 Å². The molecule has 0 aromatic rings. The first-order valence-corrected chi connectivity index (χ1v) is 2.88. The lowest BCUT2D eigenvalue weighted by Gasteiger charge is -2.07. The highest BCUT2D eigenvalue weighted by Gasteiger charge is 2.26. The second kappa shape index (κ2) is 2.17. The van der Waals surface area contributed by atoms with Gasteiger partial charge in [-0.3, -0.25) is 14.5 Å². The van der Waals surface area contributed by atoms with E-state index in [0.29, 0.717) is 12.8 Å². The van der Waals surface area contributed by atoms with Crippen LogP contribution in [0.5, 0.6) is 0 Å². The summed E-state index contributed by atoms with van der Waals surface area (Å²) in [4.78, 5) is 22.5. The fraction of sp³-hybridized carbons (Fsp3) is 0.500. The Morgan fingerprint density at radius 1 is 1.33 bits per heavy atom. The van der Waals surface area contributed by atoms with E-state index >= 15 is 0 Å². The lowest BCUT2D eigenvalue weighted by molar-refractivity contribution is -0.137. The van der Waals surface area contributed by atoms with E-state index in [-0.39, 0.29) is 18.4 Å². The van der Waals surface area contributed by atoms with Crippen molar-refractivity contribution < 1.29 is 9.59 Å². The van der Waals surface area contributed by atoms with E-state index in [4.69, 9.17) is 0 Å². The van der Waals surface area contributed by atoms with E-state index in [1.54, 1.807) is 0 Å². The SMILES string of the molecule is [CH2]CN1C(=O)CCC1=O. The molecule has 0 spiro atoms. The molecule has 1 aliphatic rings. The van der Waals surface area contributed by atoms with Crippen LogP contribution in [0.3, 0.4) is 0 Å². The highest BCUT2D eigenvalue weighted by atomic mass is 16.2. The number of carbonyl (C=O) groups excluding carboxylic acids is 2. The van der Waals surface area contributed by atoms with Gasteiger partial charge < -0.3 is 0 Å². The molecule has 1 fully saturated rings. The lowest BCUT2D eigenvalue weighted by Crippen LogP contribution is -2.28. The number of likely N-dealkylation sites (tertiary alicyclic amines) is 1. The number of hydrogen-bond donors (Lipinski definition) is 0. The highest BCUT2D eigenvalue weighted by Crippen LogP contribution is 2.09. The third-order valence-electron chi connectivity index (χ3n) is 1.38. The summed E-state index contributed by atoms with van der Waals surface area (Å²) in [5, 5.41) is 0. The first-order valence-electron chi connectivity index (χ1n) is 2.88. The molecule has 2 amide bonds. The summed E-state index contributed by atoms with van der Waals surface area (Å²) in [7, 11) is 0. The first kappa shape index (κ1) is 6.26. The zero-order valence-electron chi connectivity index (χ0n) is 5.09. The minimum atomic E-state index is -0.0880. The topological polar surface area (TPSA) is 37.4 Å². The molecule has 49 valence electrons. The second-order valence-electron chi connectivity index (χ2n) is 1.94. The van der Waals surface area contributed by atoms with Crippen LogP contribution in [0, 0.1) is 6.92 Å². The molecule has 1 rings (SSSR count). The molecule has 1 radical (unpaired) electrons. The van der Waals surface area contributed by atoms with Crippen molar-refractivity contribution in [3.8, 4) is 0 Å². The van der Waals surface area contributed by atoms with Gasteiger partial charge in [-0.1, -0.05) is 0 Å². The van der Waals surface area contributed by atoms with Crippen LogP contribution in [0.25, 0.3) is 0 Å². The van der Waals surface area contributed by atoms with Crippen molar-refractivity contribution in [2.24, 2.45) is 0 Å². The summed E-state index contributed by atoms with van der Waals surface area (Å²) in [6.45, 7) is 3.73. The smallest absolute Gasteiger partial charge is 0.229 e. The van der Waals surface area contributed by atoms with Gasteiger partial charge in [0.1, 0.15) is 0 Å². The predicted molar refractivity (Wildman–Crippen MR) is 31.3 cm³/mol. The molecule has 0 unspecified atom stereocenters. The molecule has 0 bridgehead atoms. The van der Waals surface area contributed by atoms with E-state index < -0.39 is 0 Å². The number of amides is 2. The number of hydrogen-bond acceptors (Lipinski definition) is 2. The van der Waals surface area contributed by atoms with Gasteiger partial charge in [0.2, 0.25) is 11.8 Å². The third kappa shape index (κ3) is 0.943. The molecule has 0 aromatic carbocycles. The molecule has 0 saturated carbocycles. The van der Waals surface area contributed by atoms with Crippen LogP contribution >= 0.6 is 0 Å². The largest absolute Gasteiger partial charge is 0.283 e. The predicted octanol–water partition coefficient (Wildman–Crippen LogP) is -0.0305. The van der Waals surface area contributed by atoms with Crippen molar-refractivity contribution in [3.05, 3.63) is 6.92 Å². The molecule has 1 aliphatic heterocycles. The fourth-order valence-electron chi connectivity index (χ4n) is 0.872. The van der Waals surface area contributed by atoms with E-state index in [0.717, 1.165) is 0 Å². The van der Waals surface area contributed by atoms with Crippen LogP contribution in [0.2, 0.25) is 0 Å². The summed E-state index contributed by atoms with van der Waals surface area (Å²) < 4.78 is 0. The van der Waals surface area contributed by atoms with Crippen molar-refractivity contribution >= 4 is 11.8 Å². The van der Waals surface area contributed by atoms with Gasteiger partial charge in [0.05, 0.1) is 0 Å². The quantitative estimate of drug-likeness (QED) is 0.463. The summed E-state index contributed by atoms with van der Waals surface area (Å²) in [5.74, 6) is -0.176. The summed E-state index contributed by atoms with van der Waals surface area (Å²) >= 11 is 0. The van der Waals surface area contributed by atoms with Gasteiger partial charge >= 0.3 is 0 Å². The average Bonchev–Trinajstić information content (AvgIpc) is 2.12. The van der Waals surface area contributed by atoms with E-state index in [1.165, 1.54) is 4.90 Å². The van der Waals surface area contributed by atoms with Crippen LogP contribution in [0.4, 0.5) is 0 Å². The number of rotatable bonds is 1. The third-order valence-corrected chi connectivity index (χ3v) is 1.38. The second-order valence-corrected chi connectivity index (χ2v) is 1.94. The molecule has 3 nitrogen and oxygen atoms in total. The van der Waals surface area contributed by atoms with Crippen LogP contribution in [0.1, 0.15) is 12.8 Å². The molecule has 3 heteroatoms. The molecule has 0 atom stereocenters. The van der Waals surface area contributed by atoms with Gasteiger partial charge in [-0.25, -0.2) is 0 Å². The molecule has 1 heterocycles. The minimum Gasteiger partial charge on any atom is -0.283 e. The summed E-state index contributed by atoms with van der Waals surface area (Å²) in [6, 6.07) is 0. The maximum absolute atomic E-state index is 10.7. The Morgan fingerprint density at radius 2 is 1.78 bits per heavy atom. The molecule has 0 aromatic heterocycles. The molecule has 9 heavy (non-hydrogen) atoms. The van der Waals surface area contributed by atoms with Crippen molar-refractivity contribution in [2.75, 3.05) is 6.54 Å². The molecule has 0 N–H and O–H groups in total. The number of imide groups is 1. The van der Waals surface area contributed by atoms with E-state index in [1.807, 2.05) is 0 Å². The maximum atomic E-state index is 10.7. The van der Waals surface area contributed by atoms with Gasteiger partial charge in [0.25, 0.3) is 0 Å². The number of nitrogens with zero attached hydrogens (tertiary/aromatic N) is 1.